The van der Waals surface area contributed by atoms with Gasteiger partial charge in [-0.05, 0) is 58.2 Å². The number of hydrogen-bond acceptors (Lipinski definition) is 3. The number of carbonyl (C=O) groups is 2. The summed E-state index contributed by atoms with van der Waals surface area (Å²) in [5.74, 6) is -1.01. The van der Waals surface area contributed by atoms with Crippen LogP contribution in [0.3, 0.4) is 0 Å². The Morgan fingerprint density at radius 1 is 1.09 bits per heavy atom. The van der Waals surface area contributed by atoms with Crippen LogP contribution in [0.4, 0.5) is 0 Å². The average molecular weight is 310 g/mol. The molecule has 1 heterocycles. The van der Waals surface area contributed by atoms with E-state index in [0.29, 0.717) is 12.8 Å². The van der Waals surface area contributed by atoms with Crippen LogP contribution in [0.15, 0.2) is 0 Å². The summed E-state index contributed by atoms with van der Waals surface area (Å²) in [5.41, 5.74) is 0. The van der Waals surface area contributed by atoms with Crippen LogP contribution in [-0.4, -0.2) is 60.0 Å². The molecule has 2 fully saturated rings. The molecule has 1 saturated carbocycles. The smallest absolute Gasteiger partial charge is 0.306 e. The molecule has 0 unspecified atom stereocenters. The molecule has 0 spiro atoms. The highest BCUT2D eigenvalue weighted by molar-refractivity contribution is 5.80. The summed E-state index contributed by atoms with van der Waals surface area (Å²) < 4.78 is 0. The largest absolute Gasteiger partial charge is 0.481 e. The average Bonchev–Trinajstić information content (AvgIpc) is 2.85. The molecule has 1 aliphatic carbocycles. The lowest BCUT2D eigenvalue weighted by atomic mass is 10.0. The van der Waals surface area contributed by atoms with E-state index in [4.69, 9.17) is 5.11 Å². The van der Waals surface area contributed by atoms with Gasteiger partial charge in [0.1, 0.15) is 0 Å². The first-order valence-corrected chi connectivity index (χ1v) is 8.78. The summed E-state index contributed by atoms with van der Waals surface area (Å²) >= 11 is 0. The summed E-state index contributed by atoms with van der Waals surface area (Å²) in [4.78, 5) is 27.7. The molecule has 0 radical (unpaired) electrons. The molecule has 5 heteroatoms. The Kier molecular flexibility index (Phi) is 6.68. The van der Waals surface area contributed by atoms with Gasteiger partial charge in [0.25, 0.3) is 0 Å². The number of rotatable bonds is 6. The predicted octanol–water partition coefficient (Wildman–Crippen LogP) is 2.21. The highest BCUT2D eigenvalue weighted by Gasteiger charge is 2.34. The molecule has 1 N–H and O–H groups in total. The monoisotopic (exact) mass is 310 g/mol. The maximum Gasteiger partial charge on any atom is 0.306 e. The van der Waals surface area contributed by atoms with Gasteiger partial charge in [0.15, 0.2) is 0 Å². The molecule has 2 aliphatic rings. The fraction of sp³-hybridized carbons (Fsp3) is 0.882. The highest BCUT2D eigenvalue weighted by Crippen LogP contribution is 2.32. The Bertz CT molecular complexity index is 378. The van der Waals surface area contributed by atoms with Gasteiger partial charge in [-0.3, -0.25) is 9.59 Å². The lowest BCUT2D eigenvalue weighted by Crippen LogP contribution is -2.35. The fourth-order valence-corrected chi connectivity index (χ4v) is 3.74. The first kappa shape index (κ1) is 17.3. The minimum atomic E-state index is -0.751. The number of hydrogen-bond donors (Lipinski definition) is 1. The first-order chi connectivity index (χ1) is 10.6. The van der Waals surface area contributed by atoms with Crippen molar-refractivity contribution in [1.29, 1.82) is 0 Å². The molecule has 0 aromatic heterocycles. The van der Waals surface area contributed by atoms with E-state index in [1.54, 1.807) is 0 Å². The van der Waals surface area contributed by atoms with Crippen LogP contribution in [0, 0.1) is 11.8 Å². The van der Waals surface area contributed by atoms with Gasteiger partial charge in [0.2, 0.25) is 5.91 Å². The van der Waals surface area contributed by atoms with E-state index in [1.165, 1.54) is 38.8 Å². The summed E-state index contributed by atoms with van der Waals surface area (Å²) in [6, 6.07) is 0. The second-order valence-corrected chi connectivity index (χ2v) is 6.91. The van der Waals surface area contributed by atoms with E-state index in [9.17, 15) is 9.59 Å². The topological polar surface area (TPSA) is 60.9 Å². The number of nitrogens with zero attached hydrogens (tertiary/aromatic N) is 2. The predicted molar refractivity (Wildman–Crippen MR) is 85.6 cm³/mol. The fourth-order valence-electron chi connectivity index (χ4n) is 3.74. The van der Waals surface area contributed by atoms with Crippen LogP contribution in [-0.2, 0) is 9.59 Å². The van der Waals surface area contributed by atoms with Gasteiger partial charge in [-0.15, -0.1) is 0 Å². The third-order valence-corrected chi connectivity index (χ3v) is 5.17. The zero-order valence-electron chi connectivity index (χ0n) is 13.8. The van der Waals surface area contributed by atoms with Gasteiger partial charge >= 0.3 is 5.97 Å². The van der Waals surface area contributed by atoms with Gasteiger partial charge in [-0.2, -0.15) is 0 Å². The molecule has 0 bridgehead atoms. The molecular weight excluding hydrogens is 280 g/mol. The molecule has 1 amide bonds. The third kappa shape index (κ3) is 4.97. The molecule has 2 atom stereocenters. The number of carboxylic acid groups (broad SMARTS) is 1. The van der Waals surface area contributed by atoms with Crippen molar-refractivity contribution in [3.8, 4) is 0 Å². The van der Waals surface area contributed by atoms with Crippen molar-refractivity contribution in [2.75, 3.05) is 33.2 Å². The Balaban J connectivity index is 1.67. The van der Waals surface area contributed by atoms with Crippen LogP contribution in [0.25, 0.3) is 0 Å². The molecule has 2 rings (SSSR count). The molecule has 22 heavy (non-hydrogen) atoms. The zero-order chi connectivity index (χ0) is 15.9. The SMILES string of the molecule is CN(CCCN1CCCCCC1)C(=O)[C@H]1CC[C@@H](C(=O)O)C1. The Morgan fingerprint density at radius 3 is 2.32 bits per heavy atom. The maximum atomic E-state index is 12.4. The summed E-state index contributed by atoms with van der Waals surface area (Å²) in [7, 11) is 1.86. The summed E-state index contributed by atoms with van der Waals surface area (Å²) in [5, 5.41) is 9.03. The van der Waals surface area contributed by atoms with Crippen molar-refractivity contribution >= 4 is 11.9 Å². The second-order valence-electron chi connectivity index (χ2n) is 6.91. The van der Waals surface area contributed by atoms with E-state index >= 15 is 0 Å². The molecule has 0 aromatic carbocycles. The zero-order valence-corrected chi connectivity index (χ0v) is 13.8. The van der Waals surface area contributed by atoms with Crippen LogP contribution >= 0.6 is 0 Å². The minimum absolute atomic E-state index is 0.0794. The van der Waals surface area contributed by atoms with Crippen LogP contribution < -0.4 is 0 Å². The third-order valence-electron chi connectivity index (χ3n) is 5.17. The van der Waals surface area contributed by atoms with Crippen LogP contribution in [0.1, 0.15) is 51.4 Å². The lowest BCUT2D eigenvalue weighted by molar-refractivity contribution is -0.141. The lowest BCUT2D eigenvalue weighted by Gasteiger charge is -2.24. The van der Waals surface area contributed by atoms with Crippen molar-refractivity contribution in [1.82, 2.24) is 9.80 Å². The van der Waals surface area contributed by atoms with Crippen LogP contribution in [0.2, 0.25) is 0 Å². The minimum Gasteiger partial charge on any atom is -0.481 e. The summed E-state index contributed by atoms with van der Waals surface area (Å²) in [6.07, 6.45) is 8.20. The Hall–Kier alpha value is -1.10. The van der Waals surface area contributed by atoms with Gasteiger partial charge in [-0.25, -0.2) is 0 Å². The number of carbonyl (C=O) groups excluding carboxylic acids is 1. The Morgan fingerprint density at radius 2 is 1.73 bits per heavy atom. The van der Waals surface area contributed by atoms with Crippen molar-refractivity contribution in [2.45, 2.75) is 51.4 Å². The van der Waals surface area contributed by atoms with Crippen LogP contribution in [0.5, 0.6) is 0 Å². The van der Waals surface area contributed by atoms with Gasteiger partial charge in [0, 0.05) is 19.5 Å². The molecule has 5 nitrogen and oxygen atoms in total. The number of aliphatic carboxylic acids is 1. The van der Waals surface area contributed by atoms with E-state index < -0.39 is 5.97 Å². The number of carboxylic acids is 1. The number of likely N-dealkylation sites (tertiary alicyclic amines) is 1. The second kappa shape index (κ2) is 8.51. The Labute approximate surface area is 133 Å². The van der Waals surface area contributed by atoms with Crippen molar-refractivity contribution in [3.05, 3.63) is 0 Å². The molecule has 1 saturated heterocycles. The van der Waals surface area contributed by atoms with E-state index in [2.05, 4.69) is 4.90 Å². The van der Waals surface area contributed by atoms with Gasteiger partial charge in [0.05, 0.1) is 5.92 Å². The quantitative estimate of drug-likeness (QED) is 0.817. The van der Waals surface area contributed by atoms with Gasteiger partial charge < -0.3 is 14.9 Å². The molecule has 0 aromatic rings. The molecule has 126 valence electrons. The van der Waals surface area contributed by atoms with E-state index in [-0.39, 0.29) is 17.7 Å². The van der Waals surface area contributed by atoms with E-state index in [0.717, 1.165) is 25.9 Å². The highest BCUT2D eigenvalue weighted by atomic mass is 16.4. The maximum absolute atomic E-state index is 12.4. The van der Waals surface area contributed by atoms with Gasteiger partial charge in [-0.1, -0.05) is 12.8 Å². The standard InChI is InChI=1S/C17H30N2O3/c1-18(9-6-12-19-10-4-2-3-5-11-19)16(20)14-7-8-15(13-14)17(21)22/h14-15H,2-13H2,1H3,(H,21,22)/t14-,15+/m0/s1. The van der Waals surface area contributed by atoms with Crippen molar-refractivity contribution < 1.29 is 14.7 Å². The van der Waals surface area contributed by atoms with Crippen molar-refractivity contribution in [3.63, 3.8) is 0 Å². The molecule has 1 aliphatic heterocycles. The van der Waals surface area contributed by atoms with E-state index in [1.807, 2.05) is 11.9 Å². The van der Waals surface area contributed by atoms with Crippen molar-refractivity contribution in [2.24, 2.45) is 11.8 Å². The summed E-state index contributed by atoms with van der Waals surface area (Å²) in [6.45, 7) is 4.24. The normalized spacial score (nSPS) is 26.6. The molecular formula is C17H30N2O3. The number of amides is 1. The first-order valence-electron chi connectivity index (χ1n) is 8.78.